The van der Waals surface area contributed by atoms with Crippen LogP contribution in [-0.4, -0.2) is 5.11 Å². The van der Waals surface area contributed by atoms with Crippen molar-refractivity contribution in [2.75, 3.05) is 0 Å². The largest absolute Gasteiger partial charge is 0.388 e. The fourth-order valence-corrected chi connectivity index (χ4v) is 2.33. The molecule has 0 aromatic heterocycles. The predicted molar refractivity (Wildman–Crippen MR) is 69.1 cm³/mol. The lowest BCUT2D eigenvalue weighted by atomic mass is 9.90. The second-order valence-corrected chi connectivity index (χ2v) is 5.15. The Labute approximate surface area is 120 Å². The summed E-state index contributed by atoms with van der Waals surface area (Å²) in [7, 11) is 0. The number of halogens is 5. The monoisotopic (exact) mass is 310 g/mol. The third-order valence-electron chi connectivity index (χ3n) is 3.68. The number of aliphatic hydroxyl groups is 1. The SMILES string of the molecule is CCCCC(CC)CC(O)c1c(F)c(F)c(F)c(F)c1F. The highest BCUT2D eigenvalue weighted by Gasteiger charge is 2.30. The van der Waals surface area contributed by atoms with Crippen molar-refractivity contribution < 1.29 is 27.1 Å². The van der Waals surface area contributed by atoms with Crippen LogP contribution < -0.4 is 0 Å². The summed E-state index contributed by atoms with van der Waals surface area (Å²) in [5, 5.41) is 9.89. The molecule has 1 N–H and O–H groups in total. The molecule has 1 rings (SSSR count). The van der Waals surface area contributed by atoms with Crippen molar-refractivity contribution in [3.63, 3.8) is 0 Å². The minimum atomic E-state index is -2.21. The first-order valence-electron chi connectivity index (χ1n) is 7.04. The van der Waals surface area contributed by atoms with Gasteiger partial charge in [0.15, 0.2) is 23.3 Å². The summed E-state index contributed by atoms with van der Waals surface area (Å²) in [5.74, 6) is -10.2. The Morgan fingerprint density at radius 3 is 1.76 bits per heavy atom. The molecule has 1 aromatic carbocycles. The van der Waals surface area contributed by atoms with E-state index in [1.54, 1.807) is 0 Å². The van der Waals surface area contributed by atoms with Crippen LogP contribution in [0.3, 0.4) is 0 Å². The number of rotatable bonds is 7. The van der Waals surface area contributed by atoms with E-state index in [1.807, 2.05) is 13.8 Å². The fraction of sp³-hybridized carbons (Fsp3) is 0.600. The Bertz CT molecular complexity index is 460. The number of unbranched alkanes of at least 4 members (excludes halogenated alkanes) is 1. The van der Waals surface area contributed by atoms with E-state index in [9.17, 15) is 27.1 Å². The lowest BCUT2D eigenvalue weighted by Gasteiger charge is -2.20. The third-order valence-corrected chi connectivity index (χ3v) is 3.68. The third kappa shape index (κ3) is 3.93. The van der Waals surface area contributed by atoms with Gasteiger partial charge in [0.2, 0.25) is 5.82 Å². The van der Waals surface area contributed by atoms with Gasteiger partial charge in [0.05, 0.1) is 11.7 Å². The molecule has 21 heavy (non-hydrogen) atoms. The molecule has 6 heteroatoms. The predicted octanol–water partition coefficient (Wildman–Crippen LogP) is 5.02. The summed E-state index contributed by atoms with van der Waals surface area (Å²) < 4.78 is 66.3. The van der Waals surface area contributed by atoms with Crippen LogP contribution in [0.25, 0.3) is 0 Å². The first kappa shape index (κ1) is 17.9. The molecule has 0 amide bonds. The Hall–Kier alpha value is -1.17. The van der Waals surface area contributed by atoms with Gasteiger partial charge in [-0.1, -0.05) is 39.5 Å². The van der Waals surface area contributed by atoms with E-state index in [4.69, 9.17) is 0 Å². The summed E-state index contributed by atoms with van der Waals surface area (Å²) in [6, 6.07) is 0. The number of benzene rings is 1. The van der Waals surface area contributed by atoms with Gasteiger partial charge >= 0.3 is 0 Å². The van der Waals surface area contributed by atoms with Crippen molar-refractivity contribution in [2.24, 2.45) is 5.92 Å². The molecule has 2 unspecified atom stereocenters. The van der Waals surface area contributed by atoms with Crippen LogP contribution >= 0.6 is 0 Å². The summed E-state index contributed by atoms with van der Waals surface area (Å²) in [4.78, 5) is 0. The zero-order valence-corrected chi connectivity index (χ0v) is 12.0. The quantitative estimate of drug-likeness (QED) is 0.426. The van der Waals surface area contributed by atoms with Gasteiger partial charge in [0, 0.05) is 0 Å². The molecule has 2 atom stereocenters. The van der Waals surface area contributed by atoms with Gasteiger partial charge in [-0.05, 0) is 12.3 Å². The highest BCUT2D eigenvalue weighted by molar-refractivity contribution is 5.26. The number of hydrogen-bond acceptors (Lipinski definition) is 1. The van der Waals surface area contributed by atoms with Gasteiger partial charge in [0.1, 0.15) is 0 Å². The molecular formula is C15H19F5O. The smallest absolute Gasteiger partial charge is 0.200 e. The summed E-state index contributed by atoms with van der Waals surface area (Å²) in [6.07, 6.45) is 1.45. The first-order valence-corrected chi connectivity index (χ1v) is 7.04. The lowest BCUT2D eigenvalue weighted by Crippen LogP contribution is -2.14. The Morgan fingerprint density at radius 2 is 1.33 bits per heavy atom. The first-order chi connectivity index (χ1) is 9.84. The van der Waals surface area contributed by atoms with E-state index in [2.05, 4.69) is 0 Å². The van der Waals surface area contributed by atoms with E-state index >= 15 is 0 Å². The Morgan fingerprint density at radius 1 is 0.857 bits per heavy atom. The van der Waals surface area contributed by atoms with Gasteiger partial charge in [-0.2, -0.15) is 0 Å². The molecule has 0 aliphatic heterocycles. The minimum Gasteiger partial charge on any atom is -0.388 e. The van der Waals surface area contributed by atoms with E-state index in [-0.39, 0.29) is 12.3 Å². The average molecular weight is 310 g/mol. The molecule has 120 valence electrons. The summed E-state index contributed by atoms with van der Waals surface area (Å²) in [6.45, 7) is 3.83. The average Bonchev–Trinajstić information content (AvgIpc) is 2.47. The molecule has 0 fully saturated rings. The molecule has 1 aromatic rings. The molecule has 0 radical (unpaired) electrons. The summed E-state index contributed by atoms with van der Waals surface area (Å²) >= 11 is 0. The van der Waals surface area contributed by atoms with E-state index in [1.165, 1.54) is 0 Å². The van der Waals surface area contributed by atoms with E-state index in [0.29, 0.717) is 6.42 Å². The zero-order chi connectivity index (χ0) is 16.2. The van der Waals surface area contributed by atoms with Crippen molar-refractivity contribution in [3.05, 3.63) is 34.6 Å². The van der Waals surface area contributed by atoms with Gasteiger partial charge in [-0.3, -0.25) is 0 Å². The number of hydrogen-bond donors (Lipinski definition) is 1. The van der Waals surface area contributed by atoms with Crippen molar-refractivity contribution in [1.29, 1.82) is 0 Å². The molecule has 0 bridgehead atoms. The maximum Gasteiger partial charge on any atom is 0.200 e. The molecule has 0 saturated heterocycles. The van der Waals surface area contributed by atoms with Crippen LogP contribution in [0.1, 0.15) is 57.6 Å². The highest BCUT2D eigenvalue weighted by atomic mass is 19.2. The van der Waals surface area contributed by atoms with Crippen molar-refractivity contribution in [2.45, 2.75) is 52.1 Å². The standard InChI is InChI=1S/C15H19F5O/c1-3-5-6-8(4-2)7-9(21)10-11(16)13(18)15(20)14(19)12(10)17/h8-9,21H,3-7H2,1-2H3. The van der Waals surface area contributed by atoms with Crippen molar-refractivity contribution >= 4 is 0 Å². The van der Waals surface area contributed by atoms with Gasteiger partial charge in [-0.15, -0.1) is 0 Å². The van der Waals surface area contributed by atoms with Crippen molar-refractivity contribution in [1.82, 2.24) is 0 Å². The van der Waals surface area contributed by atoms with Crippen LogP contribution in [0, 0.1) is 35.0 Å². The molecule has 0 saturated carbocycles. The maximum atomic E-state index is 13.6. The lowest BCUT2D eigenvalue weighted by molar-refractivity contribution is 0.127. The van der Waals surface area contributed by atoms with E-state index in [0.717, 1.165) is 19.3 Å². The van der Waals surface area contributed by atoms with Crippen LogP contribution in [0.2, 0.25) is 0 Å². The minimum absolute atomic E-state index is 0.0325. The summed E-state index contributed by atoms with van der Waals surface area (Å²) in [5.41, 5.74) is -1.14. The molecule has 0 heterocycles. The molecule has 1 nitrogen and oxygen atoms in total. The Kier molecular flexibility index (Phi) is 6.58. The van der Waals surface area contributed by atoms with Gasteiger partial charge < -0.3 is 5.11 Å². The van der Waals surface area contributed by atoms with Crippen molar-refractivity contribution in [3.8, 4) is 0 Å². The van der Waals surface area contributed by atoms with Gasteiger partial charge in [-0.25, -0.2) is 22.0 Å². The van der Waals surface area contributed by atoms with Crippen LogP contribution in [0.5, 0.6) is 0 Å². The molecule has 0 aliphatic rings. The molecular weight excluding hydrogens is 291 g/mol. The highest BCUT2D eigenvalue weighted by Crippen LogP contribution is 2.32. The molecule has 0 spiro atoms. The van der Waals surface area contributed by atoms with Crippen LogP contribution in [0.4, 0.5) is 22.0 Å². The second kappa shape index (κ2) is 7.73. The second-order valence-electron chi connectivity index (χ2n) is 5.15. The van der Waals surface area contributed by atoms with Crippen LogP contribution in [0.15, 0.2) is 0 Å². The van der Waals surface area contributed by atoms with Gasteiger partial charge in [0.25, 0.3) is 0 Å². The normalized spacial score (nSPS) is 14.3. The topological polar surface area (TPSA) is 20.2 Å². The zero-order valence-electron chi connectivity index (χ0n) is 12.0. The Balaban J connectivity index is 3.04. The van der Waals surface area contributed by atoms with E-state index < -0.39 is 40.8 Å². The maximum absolute atomic E-state index is 13.6. The fourth-order valence-electron chi connectivity index (χ4n) is 2.33. The molecule has 0 aliphatic carbocycles. The van der Waals surface area contributed by atoms with Crippen LogP contribution in [-0.2, 0) is 0 Å². The number of aliphatic hydroxyl groups excluding tert-OH is 1.